The highest BCUT2D eigenvalue weighted by Crippen LogP contribution is 2.19. The van der Waals surface area contributed by atoms with Crippen LogP contribution in [-0.4, -0.2) is 54.3 Å². The van der Waals surface area contributed by atoms with E-state index in [4.69, 9.17) is 5.73 Å². The van der Waals surface area contributed by atoms with Crippen LogP contribution in [0.1, 0.15) is 32.1 Å². The number of carbonyl (C=O) groups excluding carboxylic acids is 2. The van der Waals surface area contributed by atoms with Gasteiger partial charge in [0.25, 0.3) is 0 Å². The Morgan fingerprint density at radius 2 is 2.17 bits per heavy atom. The molecule has 0 aromatic rings. The van der Waals surface area contributed by atoms with Crippen molar-refractivity contribution in [3.05, 3.63) is 0 Å². The zero-order valence-electron chi connectivity index (χ0n) is 10.9. The Morgan fingerprint density at radius 1 is 1.33 bits per heavy atom. The first kappa shape index (κ1) is 13.5. The molecule has 2 N–H and O–H groups in total. The lowest BCUT2D eigenvalue weighted by atomic mass is 9.95. The number of amides is 2. The van der Waals surface area contributed by atoms with Gasteiger partial charge < -0.3 is 5.73 Å². The van der Waals surface area contributed by atoms with Crippen molar-refractivity contribution in [1.29, 1.82) is 0 Å². The van der Waals surface area contributed by atoms with Crippen LogP contribution in [0.2, 0.25) is 0 Å². The number of nitrogens with two attached hydrogens (primary N) is 1. The second kappa shape index (κ2) is 6.29. The molecule has 0 saturated carbocycles. The first-order valence-corrected chi connectivity index (χ1v) is 6.96. The lowest BCUT2D eigenvalue weighted by Gasteiger charge is -2.32. The van der Waals surface area contributed by atoms with Gasteiger partial charge in [-0.25, -0.2) is 0 Å². The normalized spacial score (nSPS) is 25.7. The van der Waals surface area contributed by atoms with Crippen molar-refractivity contribution < 1.29 is 9.59 Å². The highest BCUT2D eigenvalue weighted by atomic mass is 16.2. The maximum atomic E-state index is 12.0. The molecule has 0 aromatic carbocycles. The molecule has 0 aliphatic carbocycles. The molecule has 2 aliphatic heterocycles. The van der Waals surface area contributed by atoms with E-state index in [2.05, 4.69) is 4.90 Å². The van der Waals surface area contributed by atoms with Crippen LogP contribution in [0.25, 0.3) is 0 Å². The van der Waals surface area contributed by atoms with Crippen molar-refractivity contribution in [1.82, 2.24) is 9.80 Å². The maximum Gasteiger partial charge on any atom is 0.243 e. The zero-order chi connectivity index (χ0) is 13.0. The summed E-state index contributed by atoms with van der Waals surface area (Å²) in [4.78, 5) is 27.1. The minimum Gasteiger partial charge on any atom is -0.330 e. The van der Waals surface area contributed by atoms with Crippen molar-refractivity contribution in [2.45, 2.75) is 32.1 Å². The van der Waals surface area contributed by atoms with E-state index in [0.29, 0.717) is 25.4 Å². The summed E-state index contributed by atoms with van der Waals surface area (Å²) in [5, 5.41) is 0. The van der Waals surface area contributed by atoms with Gasteiger partial charge >= 0.3 is 0 Å². The van der Waals surface area contributed by atoms with E-state index < -0.39 is 0 Å². The average molecular weight is 253 g/mol. The van der Waals surface area contributed by atoms with Crippen LogP contribution in [0.4, 0.5) is 0 Å². The number of nitrogens with zero attached hydrogens (tertiary/aromatic N) is 2. The summed E-state index contributed by atoms with van der Waals surface area (Å²) < 4.78 is 0. The highest BCUT2D eigenvalue weighted by molar-refractivity contribution is 5.97. The van der Waals surface area contributed by atoms with Gasteiger partial charge in [0.2, 0.25) is 11.8 Å². The van der Waals surface area contributed by atoms with Gasteiger partial charge in [0.1, 0.15) is 0 Å². The molecular weight excluding hydrogens is 230 g/mol. The number of imide groups is 1. The van der Waals surface area contributed by atoms with Crippen LogP contribution in [0.5, 0.6) is 0 Å². The van der Waals surface area contributed by atoms with Crippen LogP contribution < -0.4 is 5.73 Å². The Morgan fingerprint density at radius 3 is 2.83 bits per heavy atom. The van der Waals surface area contributed by atoms with E-state index in [9.17, 15) is 9.59 Å². The summed E-state index contributed by atoms with van der Waals surface area (Å²) in [7, 11) is 0. The van der Waals surface area contributed by atoms with Gasteiger partial charge in [-0.3, -0.25) is 19.4 Å². The van der Waals surface area contributed by atoms with Crippen LogP contribution in [0.15, 0.2) is 0 Å². The van der Waals surface area contributed by atoms with Crippen molar-refractivity contribution in [2.24, 2.45) is 11.7 Å². The summed E-state index contributed by atoms with van der Waals surface area (Å²) in [6.45, 7) is 3.64. The predicted molar refractivity (Wildman–Crippen MR) is 68.8 cm³/mol. The number of piperidine rings is 1. The highest BCUT2D eigenvalue weighted by Gasteiger charge is 2.29. The lowest BCUT2D eigenvalue weighted by molar-refractivity contribution is -0.142. The molecule has 2 fully saturated rings. The minimum absolute atomic E-state index is 0.00415. The van der Waals surface area contributed by atoms with Crippen LogP contribution >= 0.6 is 0 Å². The molecule has 2 rings (SSSR count). The Bertz CT molecular complexity index is 317. The van der Waals surface area contributed by atoms with E-state index in [1.165, 1.54) is 11.3 Å². The van der Waals surface area contributed by atoms with Crippen LogP contribution in [0.3, 0.4) is 0 Å². The molecule has 2 heterocycles. The van der Waals surface area contributed by atoms with Gasteiger partial charge in [-0.05, 0) is 44.7 Å². The number of likely N-dealkylation sites (tertiary alicyclic amines) is 2. The molecule has 0 spiro atoms. The number of rotatable bonds is 4. The smallest absolute Gasteiger partial charge is 0.243 e. The third-order valence-electron chi connectivity index (χ3n) is 3.91. The molecule has 102 valence electrons. The number of carbonyl (C=O) groups is 2. The first-order valence-electron chi connectivity index (χ1n) is 6.96. The molecule has 5 heteroatoms. The van der Waals surface area contributed by atoms with Gasteiger partial charge in [-0.15, -0.1) is 0 Å². The number of hydrogen-bond donors (Lipinski definition) is 1. The molecule has 0 aromatic heterocycles. The molecule has 1 unspecified atom stereocenters. The monoisotopic (exact) mass is 253 g/mol. The largest absolute Gasteiger partial charge is 0.330 e. The van der Waals surface area contributed by atoms with E-state index in [0.717, 1.165) is 38.9 Å². The first-order chi connectivity index (χ1) is 8.70. The summed E-state index contributed by atoms with van der Waals surface area (Å²) in [6.07, 6.45) is 4.73. The Hall–Kier alpha value is -0.940. The third kappa shape index (κ3) is 3.29. The molecule has 18 heavy (non-hydrogen) atoms. The molecule has 2 saturated heterocycles. The summed E-state index contributed by atoms with van der Waals surface area (Å²) >= 11 is 0. The summed E-state index contributed by atoms with van der Waals surface area (Å²) in [5.74, 6) is 0.590. The Balaban J connectivity index is 1.81. The predicted octanol–water partition coefficient (Wildman–Crippen LogP) is 0.196. The van der Waals surface area contributed by atoms with Crippen molar-refractivity contribution in [3.63, 3.8) is 0 Å². The molecule has 1 atom stereocenters. The summed E-state index contributed by atoms with van der Waals surface area (Å²) in [5.41, 5.74) is 5.59. The standard InChI is InChI=1S/C13H23N3O2/c14-6-5-11-3-1-7-15(9-11)10-13(18)16-8-2-4-12(16)17/h11H,1-10,14H2. The van der Waals surface area contributed by atoms with Crippen molar-refractivity contribution in [3.8, 4) is 0 Å². The third-order valence-corrected chi connectivity index (χ3v) is 3.91. The molecule has 2 aliphatic rings. The fourth-order valence-corrected chi connectivity index (χ4v) is 2.95. The molecule has 2 amide bonds. The topological polar surface area (TPSA) is 66.6 Å². The maximum absolute atomic E-state index is 12.0. The SMILES string of the molecule is NCCC1CCCN(CC(=O)N2CCCC2=O)C1. The van der Waals surface area contributed by atoms with Gasteiger partial charge in [-0.1, -0.05) is 0 Å². The van der Waals surface area contributed by atoms with Crippen LogP contribution in [0, 0.1) is 5.92 Å². The zero-order valence-corrected chi connectivity index (χ0v) is 10.9. The van der Waals surface area contributed by atoms with Gasteiger partial charge in [0.15, 0.2) is 0 Å². The second-order valence-corrected chi connectivity index (χ2v) is 5.36. The fourth-order valence-electron chi connectivity index (χ4n) is 2.95. The van der Waals surface area contributed by atoms with E-state index in [1.54, 1.807) is 0 Å². The van der Waals surface area contributed by atoms with Gasteiger partial charge in [0.05, 0.1) is 6.54 Å². The van der Waals surface area contributed by atoms with Gasteiger partial charge in [-0.2, -0.15) is 0 Å². The van der Waals surface area contributed by atoms with E-state index in [1.807, 2.05) is 0 Å². The van der Waals surface area contributed by atoms with Crippen molar-refractivity contribution >= 4 is 11.8 Å². The second-order valence-electron chi connectivity index (χ2n) is 5.36. The van der Waals surface area contributed by atoms with Crippen LogP contribution in [-0.2, 0) is 9.59 Å². The molecule has 5 nitrogen and oxygen atoms in total. The molecular formula is C13H23N3O2. The Labute approximate surface area is 108 Å². The van der Waals surface area contributed by atoms with E-state index in [-0.39, 0.29) is 11.8 Å². The Kier molecular flexibility index (Phi) is 4.72. The lowest BCUT2D eigenvalue weighted by Crippen LogP contribution is -2.44. The van der Waals surface area contributed by atoms with Crippen molar-refractivity contribution in [2.75, 3.05) is 32.7 Å². The summed E-state index contributed by atoms with van der Waals surface area (Å²) in [6, 6.07) is 0. The van der Waals surface area contributed by atoms with Gasteiger partial charge in [0, 0.05) is 19.5 Å². The average Bonchev–Trinajstić information content (AvgIpc) is 2.76. The minimum atomic E-state index is -0.0223. The molecule has 0 radical (unpaired) electrons. The van der Waals surface area contributed by atoms with E-state index >= 15 is 0 Å². The number of hydrogen-bond acceptors (Lipinski definition) is 4. The fraction of sp³-hybridized carbons (Fsp3) is 0.846. The quantitative estimate of drug-likeness (QED) is 0.777. The molecule has 0 bridgehead atoms.